The van der Waals surface area contributed by atoms with Crippen molar-refractivity contribution in [1.29, 1.82) is 5.26 Å². The first-order valence-corrected chi connectivity index (χ1v) is 9.79. The van der Waals surface area contributed by atoms with Crippen molar-refractivity contribution in [3.63, 3.8) is 0 Å². The number of fused-ring (bicyclic) bond motifs is 1. The summed E-state index contributed by atoms with van der Waals surface area (Å²) in [5.74, 6) is -1.04. The number of hydrogen-bond acceptors (Lipinski definition) is 6. The number of rotatable bonds is 4. The molecule has 2 aromatic rings. The highest BCUT2D eigenvalue weighted by Gasteiger charge is 2.40. The molecule has 0 atom stereocenters. The van der Waals surface area contributed by atoms with Crippen molar-refractivity contribution in [3.05, 3.63) is 40.0 Å². The molecule has 0 saturated heterocycles. The number of nitrogens with zero attached hydrogens (tertiary/aromatic N) is 2. The van der Waals surface area contributed by atoms with Gasteiger partial charge in [-0.2, -0.15) is 5.26 Å². The minimum Gasteiger partial charge on any atom is -0.451 e. The summed E-state index contributed by atoms with van der Waals surface area (Å²) in [6, 6.07) is 5.58. The molecule has 7 nitrogen and oxygen atoms in total. The molecule has 28 heavy (non-hydrogen) atoms. The minimum absolute atomic E-state index is 0.158. The first kappa shape index (κ1) is 20.1. The van der Waals surface area contributed by atoms with E-state index in [1.54, 1.807) is 29.9 Å². The van der Waals surface area contributed by atoms with E-state index in [2.05, 4.69) is 44.4 Å². The summed E-state index contributed by atoms with van der Waals surface area (Å²) in [6.45, 7) is 7.91. The summed E-state index contributed by atoms with van der Waals surface area (Å²) in [7, 11) is 1.73. The van der Waals surface area contributed by atoms with Crippen LogP contribution in [0.15, 0.2) is 18.3 Å². The van der Waals surface area contributed by atoms with E-state index in [9.17, 15) is 14.9 Å². The first-order valence-electron chi connectivity index (χ1n) is 8.98. The van der Waals surface area contributed by atoms with Crippen molar-refractivity contribution in [2.75, 3.05) is 11.9 Å². The van der Waals surface area contributed by atoms with Gasteiger partial charge in [-0.3, -0.25) is 4.79 Å². The molecule has 0 radical (unpaired) electrons. The maximum atomic E-state index is 12.3. The largest absolute Gasteiger partial charge is 0.451 e. The number of ether oxygens (including phenoxy) is 1. The normalized spacial score (nSPS) is 16.7. The van der Waals surface area contributed by atoms with Crippen LogP contribution >= 0.6 is 11.3 Å². The SMILES string of the molecule is Cn1cccc1C(=O)OCC(=O)Nc1sc2c(c1C#N)CC(C)(C)NC2(C)C. The lowest BCUT2D eigenvalue weighted by atomic mass is 9.81. The number of anilines is 1. The Hall–Kier alpha value is -2.63. The number of aromatic nitrogens is 1. The molecule has 0 bridgehead atoms. The molecular weight excluding hydrogens is 376 g/mol. The summed E-state index contributed by atoms with van der Waals surface area (Å²) in [4.78, 5) is 25.4. The predicted octanol–water partition coefficient (Wildman–Crippen LogP) is 2.91. The standard InChI is InChI=1S/C20H24N4O3S/c1-19(2)9-12-13(10-21)17(28-16(12)20(3,4)23-19)22-15(25)11-27-18(26)14-7-6-8-24(14)5/h6-8,23H,9,11H2,1-5H3,(H,22,25). The van der Waals surface area contributed by atoms with Crippen LogP contribution < -0.4 is 10.6 Å². The van der Waals surface area contributed by atoms with Crippen LogP contribution in [-0.2, 0) is 28.5 Å². The fourth-order valence-corrected chi connectivity index (χ4v) is 5.02. The van der Waals surface area contributed by atoms with Gasteiger partial charge in [0.2, 0.25) is 0 Å². The second-order valence-electron chi connectivity index (χ2n) is 8.16. The van der Waals surface area contributed by atoms with Gasteiger partial charge < -0.3 is 19.9 Å². The molecule has 3 rings (SSSR count). The van der Waals surface area contributed by atoms with Gasteiger partial charge in [0, 0.05) is 29.2 Å². The maximum Gasteiger partial charge on any atom is 0.355 e. The van der Waals surface area contributed by atoms with E-state index in [0.29, 0.717) is 22.7 Å². The molecule has 0 aliphatic carbocycles. The molecule has 2 N–H and O–H groups in total. The van der Waals surface area contributed by atoms with Gasteiger partial charge in [-0.05, 0) is 51.8 Å². The average Bonchev–Trinajstić information content (AvgIpc) is 3.14. The van der Waals surface area contributed by atoms with Crippen LogP contribution in [0, 0.1) is 11.3 Å². The lowest BCUT2D eigenvalue weighted by Gasteiger charge is -2.42. The third kappa shape index (κ3) is 3.81. The molecule has 0 saturated carbocycles. The lowest BCUT2D eigenvalue weighted by molar-refractivity contribution is -0.119. The van der Waals surface area contributed by atoms with E-state index in [1.807, 2.05) is 0 Å². The van der Waals surface area contributed by atoms with Crippen LogP contribution in [0.2, 0.25) is 0 Å². The Morgan fingerprint density at radius 2 is 2.11 bits per heavy atom. The van der Waals surface area contributed by atoms with Gasteiger partial charge in [-0.25, -0.2) is 4.79 Å². The van der Waals surface area contributed by atoms with Crippen molar-refractivity contribution in [1.82, 2.24) is 9.88 Å². The van der Waals surface area contributed by atoms with Crippen LogP contribution in [0.4, 0.5) is 5.00 Å². The molecule has 3 heterocycles. The zero-order valence-corrected chi connectivity index (χ0v) is 17.5. The minimum atomic E-state index is -0.569. The van der Waals surface area contributed by atoms with Gasteiger partial charge in [-0.1, -0.05) is 0 Å². The maximum absolute atomic E-state index is 12.3. The molecule has 2 aromatic heterocycles. The molecule has 0 unspecified atom stereocenters. The third-order valence-electron chi connectivity index (χ3n) is 4.70. The zero-order chi connectivity index (χ0) is 20.7. The number of esters is 1. The second-order valence-corrected chi connectivity index (χ2v) is 9.19. The van der Waals surface area contributed by atoms with E-state index in [4.69, 9.17) is 4.74 Å². The number of nitrogens with one attached hydrogen (secondary N) is 2. The van der Waals surface area contributed by atoms with E-state index >= 15 is 0 Å². The summed E-state index contributed by atoms with van der Waals surface area (Å²) >= 11 is 1.40. The Morgan fingerprint density at radius 1 is 1.39 bits per heavy atom. The zero-order valence-electron chi connectivity index (χ0n) is 16.7. The molecule has 0 fully saturated rings. The Kier molecular flexibility index (Phi) is 5.08. The van der Waals surface area contributed by atoms with Crippen LogP contribution in [0.5, 0.6) is 0 Å². The summed E-state index contributed by atoms with van der Waals surface area (Å²) < 4.78 is 6.71. The highest BCUT2D eigenvalue weighted by molar-refractivity contribution is 7.17. The highest BCUT2D eigenvalue weighted by Crippen LogP contribution is 2.44. The number of amides is 1. The van der Waals surface area contributed by atoms with Gasteiger partial charge in [-0.15, -0.1) is 11.3 Å². The fourth-order valence-electron chi connectivity index (χ4n) is 3.77. The van der Waals surface area contributed by atoms with Gasteiger partial charge in [0.15, 0.2) is 6.61 Å². The molecule has 8 heteroatoms. The molecule has 148 valence electrons. The van der Waals surface area contributed by atoms with Gasteiger partial charge in [0.25, 0.3) is 5.91 Å². The van der Waals surface area contributed by atoms with Crippen molar-refractivity contribution in [3.8, 4) is 6.07 Å². The molecular formula is C20H24N4O3S. The van der Waals surface area contributed by atoms with Gasteiger partial charge in [0.1, 0.15) is 16.8 Å². The molecule has 1 aliphatic rings. The van der Waals surface area contributed by atoms with Gasteiger partial charge >= 0.3 is 5.97 Å². The monoisotopic (exact) mass is 400 g/mol. The number of thiophene rings is 1. The summed E-state index contributed by atoms with van der Waals surface area (Å²) in [5, 5.41) is 16.5. The van der Waals surface area contributed by atoms with Gasteiger partial charge in [0.05, 0.1) is 5.56 Å². The number of aryl methyl sites for hydroxylation is 1. The van der Waals surface area contributed by atoms with Crippen LogP contribution in [0.1, 0.15) is 54.2 Å². The Bertz CT molecular complexity index is 978. The fraction of sp³-hybridized carbons (Fsp3) is 0.450. The van der Waals surface area contributed by atoms with Crippen molar-refractivity contribution < 1.29 is 14.3 Å². The van der Waals surface area contributed by atoms with Crippen molar-refractivity contribution in [2.45, 2.75) is 45.2 Å². The Labute approximate surface area is 168 Å². The molecule has 0 spiro atoms. The van der Waals surface area contributed by atoms with Crippen LogP contribution in [0.25, 0.3) is 0 Å². The van der Waals surface area contributed by atoms with Crippen LogP contribution in [-0.4, -0.2) is 28.6 Å². The van der Waals surface area contributed by atoms with E-state index < -0.39 is 18.5 Å². The van der Waals surface area contributed by atoms with Crippen molar-refractivity contribution in [2.24, 2.45) is 7.05 Å². The smallest absolute Gasteiger partial charge is 0.355 e. The Morgan fingerprint density at radius 3 is 2.71 bits per heavy atom. The quantitative estimate of drug-likeness (QED) is 0.770. The topological polar surface area (TPSA) is 96.2 Å². The molecule has 1 aliphatic heterocycles. The highest BCUT2D eigenvalue weighted by atomic mass is 32.1. The number of carbonyl (C=O) groups excluding carboxylic acids is 2. The number of nitriles is 1. The number of carbonyl (C=O) groups is 2. The number of hydrogen-bond donors (Lipinski definition) is 2. The third-order valence-corrected chi connectivity index (χ3v) is 6.17. The second kappa shape index (κ2) is 7.08. The first-order chi connectivity index (χ1) is 13.0. The van der Waals surface area contributed by atoms with Crippen molar-refractivity contribution >= 4 is 28.2 Å². The van der Waals surface area contributed by atoms with E-state index in [0.717, 1.165) is 10.4 Å². The van der Waals surface area contributed by atoms with E-state index in [1.165, 1.54) is 11.3 Å². The molecule has 0 aromatic carbocycles. The summed E-state index contributed by atoms with van der Waals surface area (Å²) in [6.07, 6.45) is 2.42. The summed E-state index contributed by atoms with van der Waals surface area (Å²) in [5.41, 5.74) is 1.36. The average molecular weight is 401 g/mol. The van der Waals surface area contributed by atoms with E-state index in [-0.39, 0.29) is 11.1 Å². The molecule has 1 amide bonds. The van der Waals surface area contributed by atoms with Crippen LogP contribution in [0.3, 0.4) is 0 Å². The lowest BCUT2D eigenvalue weighted by Crippen LogP contribution is -2.54. The predicted molar refractivity (Wildman–Crippen MR) is 107 cm³/mol. The Balaban J connectivity index is 1.75.